The topological polar surface area (TPSA) is 91.5 Å². The van der Waals surface area contributed by atoms with Crippen molar-refractivity contribution >= 4 is 32.5 Å². The molecule has 3 aromatic rings. The quantitative estimate of drug-likeness (QED) is 0.590. The molecule has 154 valence electrons. The number of rotatable bonds is 8. The van der Waals surface area contributed by atoms with E-state index in [0.717, 1.165) is 20.8 Å². The van der Waals surface area contributed by atoms with Gasteiger partial charge in [-0.3, -0.25) is 4.79 Å². The third kappa shape index (κ3) is 4.60. The fourth-order valence-corrected chi connectivity index (χ4v) is 4.12. The normalized spacial score (nSPS) is 11.7. The third-order valence-electron chi connectivity index (χ3n) is 4.58. The molecule has 3 rings (SSSR count). The van der Waals surface area contributed by atoms with Crippen LogP contribution in [0.15, 0.2) is 53.6 Å². The van der Waals surface area contributed by atoms with E-state index < -0.39 is 10.0 Å². The Kier molecular flexibility index (Phi) is 6.24. The van der Waals surface area contributed by atoms with Crippen molar-refractivity contribution in [3.63, 3.8) is 0 Å². The lowest BCUT2D eigenvalue weighted by molar-refractivity contribution is -0.116. The minimum atomic E-state index is -3.71. The summed E-state index contributed by atoms with van der Waals surface area (Å²) in [6, 6.07) is 12.6. The van der Waals surface area contributed by atoms with Crippen molar-refractivity contribution in [1.82, 2.24) is 9.29 Å². The Balaban J connectivity index is 1.74. The molecule has 0 aliphatic carbocycles. The highest BCUT2D eigenvalue weighted by Crippen LogP contribution is 2.29. The van der Waals surface area contributed by atoms with E-state index in [9.17, 15) is 13.2 Å². The molecule has 29 heavy (non-hydrogen) atoms. The number of ether oxygens (including phenoxy) is 1. The van der Waals surface area contributed by atoms with Crippen LogP contribution in [0.4, 0.5) is 5.69 Å². The van der Waals surface area contributed by atoms with Crippen LogP contribution in [-0.4, -0.2) is 44.3 Å². The molecule has 1 heterocycles. The first kappa shape index (κ1) is 20.9. The van der Waals surface area contributed by atoms with Crippen molar-refractivity contribution in [2.24, 2.45) is 0 Å². The highest BCUT2D eigenvalue weighted by Gasteiger charge is 2.23. The molecule has 0 unspecified atom stereocenters. The van der Waals surface area contributed by atoms with E-state index in [4.69, 9.17) is 4.74 Å². The number of anilines is 1. The molecule has 0 fully saturated rings. The van der Waals surface area contributed by atoms with Gasteiger partial charge in [0.25, 0.3) is 0 Å². The minimum absolute atomic E-state index is 0.0266. The van der Waals surface area contributed by atoms with Crippen LogP contribution in [0.2, 0.25) is 0 Å². The van der Waals surface area contributed by atoms with Gasteiger partial charge in [0.05, 0.1) is 6.61 Å². The summed E-state index contributed by atoms with van der Waals surface area (Å²) in [5, 5.41) is 3.88. The zero-order valence-electron chi connectivity index (χ0n) is 16.7. The lowest BCUT2D eigenvalue weighted by Gasteiger charge is -2.16. The summed E-state index contributed by atoms with van der Waals surface area (Å²) in [4.78, 5) is 15.7. The molecule has 0 saturated heterocycles. The number of aromatic amines is 1. The van der Waals surface area contributed by atoms with Gasteiger partial charge in [-0.1, -0.05) is 18.2 Å². The molecule has 8 heteroatoms. The number of para-hydroxylation sites is 1. The smallest absolute Gasteiger partial charge is 0.246 e. The molecule has 0 radical (unpaired) electrons. The maximum atomic E-state index is 12.6. The van der Waals surface area contributed by atoms with Gasteiger partial charge in [0.1, 0.15) is 10.6 Å². The number of aromatic nitrogens is 1. The zero-order chi connectivity index (χ0) is 21.0. The van der Waals surface area contributed by atoms with Crippen molar-refractivity contribution in [3.05, 3.63) is 54.2 Å². The summed E-state index contributed by atoms with van der Waals surface area (Å²) >= 11 is 0. The summed E-state index contributed by atoms with van der Waals surface area (Å²) in [5.41, 5.74) is 2.52. The van der Waals surface area contributed by atoms with Crippen molar-refractivity contribution in [1.29, 1.82) is 0 Å². The predicted octanol–water partition coefficient (Wildman–Crippen LogP) is 3.39. The third-order valence-corrected chi connectivity index (χ3v) is 6.42. The molecule has 0 aliphatic heterocycles. The Morgan fingerprint density at radius 2 is 1.93 bits per heavy atom. The summed E-state index contributed by atoms with van der Waals surface area (Å²) in [5.74, 6) is 0.0747. The number of sulfonamides is 1. The number of benzene rings is 2. The SMILES string of the molecule is CCOc1ccc(NC(=O)CCc2c[nH]c3ccccc23)cc1S(=O)(=O)N(C)C. The van der Waals surface area contributed by atoms with E-state index >= 15 is 0 Å². The molecule has 0 atom stereocenters. The fourth-order valence-electron chi connectivity index (χ4n) is 3.07. The largest absolute Gasteiger partial charge is 0.492 e. The van der Waals surface area contributed by atoms with Crippen LogP contribution in [0.25, 0.3) is 10.9 Å². The second-order valence-corrected chi connectivity index (χ2v) is 8.91. The van der Waals surface area contributed by atoms with E-state index in [1.807, 2.05) is 30.5 Å². The Hall–Kier alpha value is -2.84. The predicted molar refractivity (Wildman–Crippen MR) is 114 cm³/mol. The summed E-state index contributed by atoms with van der Waals surface area (Å²) in [7, 11) is -0.795. The summed E-state index contributed by atoms with van der Waals surface area (Å²) in [6.45, 7) is 2.12. The van der Waals surface area contributed by atoms with Crippen LogP contribution in [0.1, 0.15) is 18.9 Å². The van der Waals surface area contributed by atoms with Gasteiger partial charge in [0.2, 0.25) is 15.9 Å². The first-order chi connectivity index (χ1) is 13.8. The standard InChI is InChI=1S/C21H25N3O4S/c1-4-28-19-11-10-16(13-20(19)29(26,27)24(2)3)23-21(25)12-9-15-14-22-18-8-6-5-7-17(15)18/h5-8,10-11,13-14,22H,4,9,12H2,1-3H3,(H,23,25). The van der Waals surface area contributed by atoms with Gasteiger partial charge in [0, 0.05) is 43.3 Å². The average molecular weight is 416 g/mol. The number of nitrogens with one attached hydrogen (secondary N) is 2. The number of fused-ring (bicyclic) bond motifs is 1. The van der Waals surface area contributed by atoms with Gasteiger partial charge in [-0.25, -0.2) is 12.7 Å². The molecule has 0 saturated carbocycles. The maximum Gasteiger partial charge on any atom is 0.246 e. The first-order valence-corrected chi connectivity index (χ1v) is 10.8. The van der Waals surface area contributed by atoms with Crippen LogP contribution in [-0.2, 0) is 21.2 Å². The van der Waals surface area contributed by atoms with Crippen molar-refractivity contribution in [2.75, 3.05) is 26.0 Å². The Morgan fingerprint density at radius 3 is 2.66 bits per heavy atom. The van der Waals surface area contributed by atoms with Gasteiger partial charge >= 0.3 is 0 Å². The van der Waals surface area contributed by atoms with E-state index in [0.29, 0.717) is 18.7 Å². The number of hydrogen-bond donors (Lipinski definition) is 2. The second kappa shape index (κ2) is 8.67. The van der Waals surface area contributed by atoms with Crippen molar-refractivity contribution in [3.8, 4) is 5.75 Å². The molecule has 0 aliphatic rings. The summed E-state index contributed by atoms with van der Waals surface area (Å²) in [6.07, 6.45) is 2.77. The lowest BCUT2D eigenvalue weighted by atomic mass is 10.1. The fraction of sp³-hybridized carbons (Fsp3) is 0.286. The van der Waals surface area contributed by atoms with Gasteiger partial charge in [-0.2, -0.15) is 0 Å². The Morgan fingerprint density at radius 1 is 1.17 bits per heavy atom. The zero-order valence-corrected chi connectivity index (χ0v) is 17.5. The minimum Gasteiger partial charge on any atom is -0.492 e. The van der Waals surface area contributed by atoms with Gasteiger partial charge in [0.15, 0.2) is 0 Å². The number of H-pyrrole nitrogens is 1. The molecular formula is C21H25N3O4S. The van der Waals surface area contributed by atoms with Crippen LogP contribution in [0.5, 0.6) is 5.75 Å². The van der Waals surface area contributed by atoms with Crippen LogP contribution >= 0.6 is 0 Å². The number of carbonyl (C=O) groups excluding carboxylic acids is 1. The number of hydrogen-bond acceptors (Lipinski definition) is 4. The van der Waals surface area contributed by atoms with Gasteiger partial charge in [-0.05, 0) is 43.2 Å². The highest BCUT2D eigenvalue weighted by atomic mass is 32.2. The molecule has 0 spiro atoms. The van der Waals surface area contributed by atoms with E-state index in [1.54, 1.807) is 19.1 Å². The van der Waals surface area contributed by atoms with Crippen molar-refractivity contribution < 1.29 is 17.9 Å². The maximum absolute atomic E-state index is 12.6. The number of aryl methyl sites for hydroxylation is 1. The summed E-state index contributed by atoms with van der Waals surface area (Å²) < 4.78 is 31.8. The number of amides is 1. The highest BCUT2D eigenvalue weighted by molar-refractivity contribution is 7.89. The Bertz CT molecular complexity index is 1120. The number of nitrogens with zero attached hydrogens (tertiary/aromatic N) is 1. The molecular weight excluding hydrogens is 390 g/mol. The van der Waals surface area contributed by atoms with E-state index in [1.165, 1.54) is 20.2 Å². The molecule has 1 aromatic heterocycles. The van der Waals surface area contributed by atoms with Crippen molar-refractivity contribution in [2.45, 2.75) is 24.7 Å². The van der Waals surface area contributed by atoms with Crippen LogP contribution in [0.3, 0.4) is 0 Å². The average Bonchev–Trinajstić information content (AvgIpc) is 3.10. The van der Waals surface area contributed by atoms with E-state index in [-0.39, 0.29) is 23.0 Å². The molecule has 7 nitrogen and oxygen atoms in total. The molecule has 1 amide bonds. The molecule has 2 aromatic carbocycles. The van der Waals surface area contributed by atoms with Crippen LogP contribution in [0, 0.1) is 0 Å². The molecule has 0 bridgehead atoms. The monoisotopic (exact) mass is 415 g/mol. The van der Waals surface area contributed by atoms with Crippen LogP contribution < -0.4 is 10.1 Å². The van der Waals surface area contributed by atoms with Gasteiger partial charge in [-0.15, -0.1) is 0 Å². The lowest BCUT2D eigenvalue weighted by Crippen LogP contribution is -2.23. The Labute approximate surface area is 170 Å². The first-order valence-electron chi connectivity index (χ1n) is 9.37. The molecule has 2 N–H and O–H groups in total. The van der Waals surface area contributed by atoms with E-state index in [2.05, 4.69) is 10.3 Å². The van der Waals surface area contributed by atoms with Gasteiger partial charge < -0.3 is 15.0 Å². The number of carbonyl (C=O) groups is 1. The second-order valence-electron chi connectivity index (χ2n) is 6.79.